The fourth-order valence-corrected chi connectivity index (χ4v) is 2.43. The van der Waals surface area contributed by atoms with E-state index in [0.29, 0.717) is 31.6 Å². The van der Waals surface area contributed by atoms with E-state index in [1.165, 1.54) is 5.01 Å². The first-order valence-electron chi connectivity index (χ1n) is 7.81. The topological polar surface area (TPSA) is 74.7 Å². The average Bonchev–Trinajstić information content (AvgIpc) is 2.63. The zero-order valence-corrected chi connectivity index (χ0v) is 13.2. The third-order valence-electron chi connectivity index (χ3n) is 3.72. The number of rotatable bonds is 5. The Kier molecular flexibility index (Phi) is 4.96. The summed E-state index contributed by atoms with van der Waals surface area (Å²) in [5, 5.41) is 8.44. The molecule has 1 aromatic carbocycles. The largest absolute Gasteiger partial charge is 0.347 e. The molecule has 0 saturated heterocycles. The Balaban J connectivity index is 1.64. The van der Waals surface area contributed by atoms with Crippen LogP contribution in [0.15, 0.2) is 60.0 Å². The first kappa shape index (κ1) is 15.9. The van der Waals surface area contributed by atoms with Crippen LogP contribution >= 0.6 is 0 Å². The van der Waals surface area contributed by atoms with E-state index < -0.39 is 0 Å². The molecule has 0 bridgehead atoms. The van der Waals surface area contributed by atoms with E-state index in [0.717, 1.165) is 11.1 Å². The number of carbonyl (C=O) groups excluding carboxylic acids is 2. The molecule has 6 heteroatoms. The zero-order valence-electron chi connectivity index (χ0n) is 13.2. The van der Waals surface area contributed by atoms with Crippen molar-refractivity contribution in [3.05, 3.63) is 66.0 Å². The van der Waals surface area contributed by atoms with E-state index in [1.807, 2.05) is 42.5 Å². The highest BCUT2D eigenvalue weighted by Crippen LogP contribution is 2.13. The molecule has 1 N–H and O–H groups in total. The minimum atomic E-state index is -0.246. The lowest BCUT2D eigenvalue weighted by atomic mass is 10.1. The summed E-state index contributed by atoms with van der Waals surface area (Å²) in [6, 6.07) is 13.3. The Morgan fingerprint density at radius 3 is 2.62 bits per heavy atom. The summed E-state index contributed by atoms with van der Waals surface area (Å²) in [7, 11) is 0. The van der Waals surface area contributed by atoms with E-state index in [1.54, 1.807) is 12.4 Å². The molecular formula is C18H18N4O2. The normalized spacial score (nSPS) is 14.2. The monoisotopic (exact) mass is 322 g/mol. The van der Waals surface area contributed by atoms with Gasteiger partial charge in [0, 0.05) is 31.8 Å². The van der Waals surface area contributed by atoms with Gasteiger partial charge in [-0.2, -0.15) is 5.10 Å². The van der Waals surface area contributed by atoms with Crippen LogP contribution in [-0.4, -0.2) is 27.5 Å². The van der Waals surface area contributed by atoms with Gasteiger partial charge in [0.25, 0.3) is 5.91 Å². The Bertz CT molecular complexity index is 744. The van der Waals surface area contributed by atoms with Gasteiger partial charge in [0.2, 0.25) is 5.91 Å². The second kappa shape index (κ2) is 7.50. The summed E-state index contributed by atoms with van der Waals surface area (Å²) in [5.41, 5.74) is 2.28. The van der Waals surface area contributed by atoms with E-state index in [4.69, 9.17) is 0 Å². The molecular weight excluding hydrogens is 304 g/mol. The maximum absolute atomic E-state index is 12.3. The smallest absolute Gasteiger partial charge is 0.267 e. The van der Waals surface area contributed by atoms with Crippen LogP contribution in [0.25, 0.3) is 0 Å². The highest BCUT2D eigenvalue weighted by Gasteiger charge is 2.24. The third-order valence-corrected chi connectivity index (χ3v) is 3.72. The maximum atomic E-state index is 12.3. The predicted octanol–water partition coefficient (Wildman–Crippen LogP) is 1.88. The standard InChI is InChI=1S/C18H18N4O2/c23-17-9-8-16(18(24)20-12-15-7-4-10-19-11-15)21-22(17)13-14-5-2-1-3-6-14/h1-7,10-11H,8-9,12-13H2,(H,20,24). The summed E-state index contributed by atoms with van der Waals surface area (Å²) in [5.74, 6) is -0.313. The molecule has 0 atom stereocenters. The molecule has 1 aliphatic rings. The maximum Gasteiger partial charge on any atom is 0.267 e. The molecule has 1 aromatic heterocycles. The fraction of sp³-hybridized carbons (Fsp3) is 0.222. The summed E-state index contributed by atoms with van der Waals surface area (Å²) in [6.45, 7) is 0.761. The van der Waals surface area contributed by atoms with Gasteiger partial charge in [-0.1, -0.05) is 36.4 Å². The quantitative estimate of drug-likeness (QED) is 0.913. The van der Waals surface area contributed by atoms with Crippen LogP contribution in [0.4, 0.5) is 0 Å². The van der Waals surface area contributed by atoms with Crippen molar-refractivity contribution >= 4 is 17.5 Å². The Morgan fingerprint density at radius 2 is 1.88 bits per heavy atom. The van der Waals surface area contributed by atoms with Crippen LogP contribution in [0.1, 0.15) is 24.0 Å². The lowest BCUT2D eigenvalue weighted by Crippen LogP contribution is -2.38. The van der Waals surface area contributed by atoms with Gasteiger partial charge in [0.05, 0.1) is 6.54 Å². The van der Waals surface area contributed by atoms with Gasteiger partial charge >= 0.3 is 0 Å². The highest BCUT2D eigenvalue weighted by atomic mass is 16.2. The molecule has 122 valence electrons. The SMILES string of the molecule is O=C(NCc1cccnc1)C1=NN(Cc2ccccc2)C(=O)CC1. The summed E-state index contributed by atoms with van der Waals surface area (Å²) in [6.07, 6.45) is 4.05. The third kappa shape index (κ3) is 4.04. The summed E-state index contributed by atoms with van der Waals surface area (Å²) < 4.78 is 0. The van der Waals surface area contributed by atoms with Gasteiger partial charge in [0.15, 0.2) is 0 Å². The van der Waals surface area contributed by atoms with Gasteiger partial charge in [-0.3, -0.25) is 14.6 Å². The Hall–Kier alpha value is -3.02. The van der Waals surface area contributed by atoms with Crippen LogP contribution in [0.2, 0.25) is 0 Å². The minimum Gasteiger partial charge on any atom is -0.347 e. The predicted molar refractivity (Wildman–Crippen MR) is 89.7 cm³/mol. The molecule has 3 rings (SSSR count). The zero-order chi connectivity index (χ0) is 16.8. The van der Waals surface area contributed by atoms with Crippen LogP contribution in [-0.2, 0) is 22.7 Å². The molecule has 0 fully saturated rings. The number of nitrogens with one attached hydrogen (secondary N) is 1. The number of benzene rings is 1. The van der Waals surface area contributed by atoms with Crippen molar-refractivity contribution in [3.63, 3.8) is 0 Å². The first-order valence-corrected chi connectivity index (χ1v) is 7.81. The molecule has 2 aromatic rings. The van der Waals surface area contributed by atoms with E-state index in [9.17, 15) is 9.59 Å². The van der Waals surface area contributed by atoms with Gasteiger partial charge in [-0.15, -0.1) is 0 Å². The van der Waals surface area contributed by atoms with Gasteiger partial charge < -0.3 is 5.32 Å². The lowest BCUT2D eigenvalue weighted by Gasteiger charge is -2.23. The Morgan fingerprint density at radius 1 is 1.08 bits per heavy atom. The summed E-state index contributed by atoms with van der Waals surface area (Å²) >= 11 is 0. The molecule has 0 radical (unpaired) electrons. The molecule has 1 aliphatic heterocycles. The number of aromatic nitrogens is 1. The molecule has 2 heterocycles. The number of carbonyl (C=O) groups is 2. The van der Waals surface area contributed by atoms with Crippen LogP contribution in [0.3, 0.4) is 0 Å². The number of hydrogen-bond acceptors (Lipinski definition) is 4. The molecule has 2 amide bonds. The second-order valence-electron chi connectivity index (χ2n) is 5.53. The summed E-state index contributed by atoms with van der Waals surface area (Å²) in [4.78, 5) is 28.3. The van der Waals surface area contributed by atoms with Crippen LogP contribution < -0.4 is 5.32 Å². The van der Waals surface area contributed by atoms with E-state index in [-0.39, 0.29) is 11.8 Å². The van der Waals surface area contributed by atoms with Crippen LogP contribution in [0.5, 0.6) is 0 Å². The lowest BCUT2D eigenvalue weighted by molar-refractivity contribution is -0.132. The molecule has 24 heavy (non-hydrogen) atoms. The van der Waals surface area contributed by atoms with Crippen molar-refractivity contribution in [1.82, 2.24) is 15.3 Å². The molecule has 0 saturated carbocycles. The van der Waals surface area contributed by atoms with Crippen molar-refractivity contribution in [3.8, 4) is 0 Å². The van der Waals surface area contributed by atoms with Crippen molar-refractivity contribution < 1.29 is 9.59 Å². The van der Waals surface area contributed by atoms with E-state index >= 15 is 0 Å². The number of pyridine rings is 1. The molecule has 6 nitrogen and oxygen atoms in total. The second-order valence-corrected chi connectivity index (χ2v) is 5.53. The van der Waals surface area contributed by atoms with E-state index in [2.05, 4.69) is 15.4 Å². The number of hydrazone groups is 1. The highest BCUT2D eigenvalue weighted by molar-refractivity contribution is 6.39. The molecule has 0 spiro atoms. The number of amides is 2. The van der Waals surface area contributed by atoms with Crippen molar-refractivity contribution in [1.29, 1.82) is 0 Å². The van der Waals surface area contributed by atoms with Crippen molar-refractivity contribution in [2.45, 2.75) is 25.9 Å². The first-order chi connectivity index (χ1) is 11.7. The number of nitrogens with zero attached hydrogens (tertiary/aromatic N) is 3. The van der Waals surface area contributed by atoms with Gasteiger partial charge in [0.1, 0.15) is 5.71 Å². The van der Waals surface area contributed by atoms with Crippen molar-refractivity contribution in [2.24, 2.45) is 5.10 Å². The Labute approximate surface area is 140 Å². The van der Waals surface area contributed by atoms with Crippen LogP contribution in [0, 0.1) is 0 Å². The minimum absolute atomic E-state index is 0.0670. The fourth-order valence-electron chi connectivity index (χ4n) is 2.43. The van der Waals surface area contributed by atoms with Crippen molar-refractivity contribution in [2.75, 3.05) is 0 Å². The molecule has 0 aliphatic carbocycles. The van der Waals surface area contributed by atoms with Gasteiger partial charge in [-0.25, -0.2) is 5.01 Å². The average molecular weight is 322 g/mol. The molecule has 0 unspecified atom stereocenters. The van der Waals surface area contributed by atoms with Gasteiger partial charge in [-0.05, 0) is 17.2 Å². The number of hydrogen-bond donors (Lipinski definition) is 1.